The van der Waals surface area contributed by atoms with Crippen LogP contribution in [0.25, 0.3) is 0 Å². The molecule has 2 aliphatic heterocycles. The molecule has 3 nitrogen and oxygen atoms in total. The summed E-state index contributed by atoms with van der Waals surface area (Å²) in [5, 5.41) is 0. The number of carbonyl (C=O) groups is 1. The molecule has 3 heteroatoms. The standard InChI is InChI=1S/C20H28N2O/c1-21-12-9-20(10-13-21)11-14-22(15-20)19(23)18-8-4-6-16-5-2-3-7-17(16)18/h4,6,8H,2-3,5,7,9-15H2,1H3. The summed E-state index contributed by atoms with van der Waals surface area (Å²) >= 11 is 0. The van der Waals surface area contributed by atoms with E-state index in [0.29, 0.717) is 11.3 Å². The number of amides is 1. The SMILES string of the molecule is CN1CCC2(CC1)CCN(C(=O)c1cccc3c1CCCC3)C2. The van der Waals surface area contributed by atoms with E-state index < -0.39 is 0 Å². The van der Waals surface area contributed by atoms with Crippen molar-refractivity contribution in [3.8, 4) is 0 Å². The van der Waals surface area contributed by atoms with Crippen LogP contribution in [0.3, 0.4) is 0 Å². The van der Waals surface area contributed by atoms with Crippen LogP contribution in [0.5, 0.6) is 0 Å². The highest BCUT2D eigenvalue weighted by Crippen LogP contribution is 2.40. The smallest absolute Gasteiger partial charge is 0.254 e. The minimum atomic E-state index is 0.291. The summed E-state index contributed by atoms with van der Waals surface area (Å²) in [6.07, 6.45) is 8.42. The second-order valence-corrected chi connectivity index (χ2v) is 7.93. The summed E-state index contributed by atoms with van der Waals surface area (Å²) in [7, 11) is 2.21. The molecule has 1 aromatic carbocycles. The number of carbonyl (C=O) groups excluding carboxylic acids is 1. The molecule has 0 bridgehead atoms. The van der Waals surface area contributed by atoms with Crippen molar-refractivity contribution in [1.82, 2.24) is 9.80 Å². The van der Waals surface area contributed by atoms with E-state index in [0.717, 1.165) is 31.5 Å². The topological polar surface area (TPSA) is 23.6 Å². The lowest BCUT2D eigenvalue weighted by Gasteiger charge is -2.37. The zero-order valence-corrected chi connectivity index (χ0v) is 14.3. The maximum Gasteiger partial charge on any atom is 0.254 e. The molecule has 3 aliphatic rings. The minimum absolute atomic E-state index is 0.291. The highest BCUT2D eigenvalue weighted by molar-refractivity contribution is 5.96. The fourth-order valence-corrected chi connectivity index (χ4v) is 4.76. The summed E-state index contributed by atoms with van der Waals surface area (Å²) in [4.78, 5) is 17.7. The van der Waals surface area contributed by atoms with Crippen molar-refractivity contribution in [2.75, 3.05) is 33.2 Å². The lowest BCUT2D eigenvalue weighted by Crippen LogP contribution is -2.40. The molecule has 2 heterocycles. The van der Waals surface area contributed by atoms with Gasteiger partial charge in [0.1, 0.15) is 0 Å². The molecule has 0 aromatic heterocycles. The maximum atomic E-state index is 13.1. The van der Waals surface area contributed by atoms with E-state index in [2.05, 4.69) is 35.0 Å². The van der Waals surface area contributed by atoms with E-state index in [9.17, 15) is 4.79 Å². The monoisotopic (exact) mass is 312 g/mol. The first-order chi connectivity index (χ1) is 11.2. The molecular formula is C20H28N2O. The Morgan fingerprint density at radius 2 is 1.78 bits per heavy atom. The third kappa shape index (κ3) is 2.80. The summed E-state index contributed by atoms with van der Waals surface area (Å²) in [6, 6.07) is 6.36. The number of benzene rings is 1. The average Bonchev–Trinajstić information content (AvgIpc) is 3.01. The molecular weight excluding hydrogens is 284 g/mol. The molecule has 2 fully saturated rings. The molecule has 2 saturated heterocycles. The highest BCUT2D eigenvalue weighted by atomic mass is 16.2. The molecule has 124 valence electrons. The van der Waals surface area contributed by atoms with E-state index in [1.807, 2.05) is 0 Å². The van der Waals surface area contributed by atoms with Gasteiger partial charge in [0.15, 0.2) is 0 Å². The Morgan fingerprint density at radius 3 is 2.61 bits per heavy atom. The van der Waals surface area contributed by atoms with Crippen LogP contribution in [0, 0.1) is 5.41 Å². The van der Waals surface area contributed by atoms with Crippen LogP contribution in [-0.4, -0.2) is 48.9 Å². The predicted octanol–water partition coefficient (Wildman–Crippen LogP) is 3.12. The van der Waals surface area contributed by atoms with Gasteiger partial charge in [-0.1, -0.05) is 12.1 Å². The maximum absolute atomic E-state index is 13.1. The number of aryl methyl sites for hydroxylation is 1. The molecule has 1 aromatic rings. The number of piperidine rings is 1. The van der Waals surface area contributed by atoms with Crippen LogP contribution >= 0.6 is 0 Å². The van der Waals surface area contributed by atoms with Gasteiger partial charge in [0.25, 0.3) is 5.91 Å². The van der Waals surface area contributed by atoms with Crippen LogP contribution in [0.1, 0.15) is 53.6 Å². The number of rotatable bonds is 1. The van der Waals surface area contributed by atoms with Gasteiger partial charge in [0.05, 0.1) is 0 Å². The molecule has 1 spiro atoms. The lowest BCUT2D eigenvalue weighted by atomic mass is 9.78. The van der Waals surface area contributed by atoms with E-state index in [-0.39, 0.29) is 0 Å². The van der Waals surface area contributed by atoms with Crippen molar-refractivity contribution in [3.63, 3.8) is 0 Å². The highest BCUT2D eigenvalue weighted by Gasteiger charge is 2.41. The van der Waals surface area contributed by atoms with Gasteiger partial charge >= 0.3 is 0 Å². The van der Waals surface area contributed by atoms with Gasteiger partial charge in [-0.2, -0.15) is 0 Å². The number of hydrogen-bond acceptors (Lipinski definition) is 2. The minimum Gasteiger partial charge on any atom is -0.338 e. The molecule has 0 atom stereocenters. The Bertz CT molecular complexity index is 602. The van der Waals surface area contributed by atoms with Gasteiger partial charge in [-0.25, -0.2) is 0 Å². The molecule has 0 saturated carbocycles. The Hall–Kier alpha value is -1.35. The molecule has 0 unspecified atom stereocenters. The molecule has 23 heavy (non-hydrogen) atoms. The Kier molecular flexibility index (Phi) is 3.92. The molecule has 4 rings (SSSR count). The van der Waals surface area contributed by atoms with Crippen LogP contribution in [0.4, 0.5) is 0 Å². The van der Waals surface area contributed by atoms with Crippen molar-refractivity contribution in [3.05, 3.63) is 34.9 Å². The van der Waals surface area contributed by atoms with Gasteiger partial charge in [-0.3, -0.25) is 4.79 Å². The van der Waals surface area contributed by atoms with Crippen molar-refractivity contribution in [2.24, 2.45) is 5.41 Å². The van der Waals surface area contributed by atoms with Gasteiger partial charge in [-0.15, -0.1) is 0 Å². The molecule has 1 amide bonds. The number of likely N-dealkylation sites (tertiary alicyclic amines) is 2. The Labute approximate surface area is 139 Å². The number of fused-ring (bicyclic) bond motifs is 1. The molecule has 1 aliphatic carbocycles. The van der Waals surface area contributed by atoms with Crippen LogP contribution in [0.15, 0.2) is 18.2 Å². The molecule has 0 N–H and O–H groups in total. The third-order valence-electron chi connectivity index (χ3n) is 6.40. The second-order valence-electron chi connectivity index (χ2n) is 7.93. The third-order valence-corrected chi connectivity index (χ3v) is 6.40. The number of nitrogens with zero attached hydrogens (tertiary/aromatic N) is 2. The van der Waals surface area contributed by atoms with Crippen LogP contribution < -0.4 is 0 Å². The zero-order chi connectivity index (χ0) is 15.9. The first kappa shape index (κ1) is 15.2. The van der Waals surface area contributed by atoms with E-state index >= 15 is 0 Å². The van der Waals surface area contributed by atoms with Gasteiger partial charge in [0, 0.05) is 18.7 Å². The summed E-state index contributed by atoms with van der Waals surface area (Å²) in [6.45, 7) is 4.29. The quantitative estimate of drug-likeness (QED) is 0.795. The zero-order valence-electron chi connectivity index (χ0n) is 14.3. The van der Waals surface area contributed by atoms with Crippen molar-refractivity contribution in [2.45, 2.75) is 44.9 Å². The fraction of sp³-hybridized carbons (Fsp3) is 0.650. The van der Waals surface area contributed by atoms with Crippen molar-refractivity contribution >= 4 is 5.91 Å². The average molecular weight is 312 g/mol. The second kappa shape index (κ2) is 5.94. The Morgan fingerprint density at radius 1 is 1.04 bits per heavy atom. The van der Waals surface area contributed by atoms with E-state index in [1.54, 1.807) is 0 Å². The fourth-order valence-electron chi connectivity index (χ4n) is 4.76. The Balaban J connectivity index is 1.52. The van der Waals surface area contributed by atoms with Crippen molar-refractivity contribution < 1.29 is 4.79 Å². The van der Waals surface area contributed by atoms with Gasteiger partial charge < -0.3 is 9.80 Å². The van der Waals surface area contributed by atoms with E-state index in [4.69, 9.17) is 0 Å². The summed E-state index contributed by atoms with van der Waals surface area (Å²) < 4.78 is 0. The largest absolute Gasteiger partial charge is 0.338 e. The van der Waals surface area contributed by atoms with Crippen LogP contribution in [-0.2, 0) is 12.8 Å². The van der Waals surface area contributed by atoms with Crippen LogP contribution in [0.2, 0.25) is 0 Å². The number of hydrogen-bond donors (Lipinski definition) is 0. The normalized spacial score (nSPS) is 24.0. The molecule has 0 radical (unpaired) electrons. The predicted molar refractivity (Wildman–Crippen MR) is 92.8 cm³/mol. The first-order valence-corrected chi connectivity index (χ1v) is 9.26. The van der Waals surface area contributed by atoms with E-state index in [1.165, 1.54) is 56.3 Å². The van der Waals surface area contributed by atoms with Crippen molar-refractivity contribution in [1.29, 1.82) is 0 Å². The van der Waals surface area contributed by atoms with Gasteiger partial charge in [-0.05, 0) is 87.7 Å². The first-order valence-electron chi connectivity index (χ1n) is 9.26. The summed E-state index contributed by atoms with van der Waals surface area (Å²) in [5.41, 5.74) is 4.15. The lowest BCUT2D eigenvalue weighted by molar-refractivity contribution is 0.0735. The summed E-state index contributed by atoms with van der Waals surface area (Å²) in [5.74, 6) is 0.291. The van der Waals surface area contributed by atoms with Gasteiger partial charge in [0.2, 0.25) is 0 Å².